The molecule has 0 aromatic carbocycles. The van der Waals surface area contributed by atoms with Gasteiger partial charge >= 0.3 is 0 Å². The maximum absolute atomic E-state index is 5.59. The third kappa shape index (κ3) is 5.45. The van der Waals surface area contributed by atoms with E-state index in [1.54, 1.807) is 0 Å². The van der Waals surface area contributed by atoms with Crippen LogP contribution >= 0.6 is 0 Å². The molecule has 16 heavy (non-hydrogen) atoms. The summed E-state index contributed by atoms with van der Waals surface area (Å²) in [5.41, 5.74) is 1.03. The molecule has 2 nitrogen and oxygen atoms in total. The molecule has 0 spiro atoms. The van der Waals surface area contributed by atoms with Crippen LogP contribution in [-0.4, -0.2) is 19.4 Å². The van der Waals surface area contributed by atoms with Crippen molar-refractivity contribution in [3.05, 3.63) is 11.8 Å². The first-order valence-electron chi connectivity index (χ1n) is 6.49. The van der Waals surface area contributed by atoms with Crippen LogP contribution in [-0.2, 0) is 4.74 Å². The van der Waals surface area contributed by atoms with E-state index in [0.717, 1.165) is 24.1 Å². The molecule has 0 bridgehead atoms. The Bertz CT molecular complexity index is 245. The van der Waals surface area contributed by atoms with Crippen molar-refractivity contribution in [2.24, 2.45) is 16.8 Å². The fourth-order valence-corrected chi connectivity index (χ4v) is 1.95. The molecule has 0 aromatic heterocycles. The minimum atomic E-state index is 0.653. The van der Waals surface area contributed by atoms with Gasteiger partial charge in [-0.15, -0.1) is 0 Å². The predicted molar refractivity (Wildman–Crippen MR) is 69.9 cm³/mol. The molecule has 2 heteroatoms. The lowest BCUT2D eigenvalue weighted by Crippen LogP contribution is -1.99. The van der Waals surface area contributed by atoms with E-state index in [1.165, 1.54) is 25.7 Å². The van der Waals surface area contributed by atoms with Gasteiger partial charge in [-0.1, -0.05) is 25.8 Å². The minimum Gasteiger partial charge on any atom is -0.375 e. The number of rotatable bonds is 8. The summed E-state index contributed by atoms with van der Waals surface area (Å²) in [6, 6.07) is 0. The SMILES string of the molecule is CC=N/C(=C\C)COCCCCC1CC1C. The van der Waals surface area contributed by atoms with Gasteiger partial charge in [-0.05, 0) is 38.5 Å². The van der Waals surface area contributed by atoms with Crippen LogP contribution in [0.25, 0.3) is 0 Å². The third-order valence-electron chi connectivity index (χ3n) is 3.27. The molecule has 0 heterocycles. The van der Waals surface area contributed by atoms with Crippen molar-refractivity contribution in [2.75, 3.05) is 13.2 Å². The average molecular weight is 223 g/mol. The molecule has 1 fully saturated rings. The van der Waals surface area contributed by atoms with Gasteiger partial charge in [0.1, 0.15) is 0 Å². The van der Waals surface area contributed by atoms with Crippen LogP contribution in [0, 0.1) is 11.8 Å². The highest BCUT2D eigenvalue weighted by atomic mass is 16.5. The Labute approximate surface area is 99.8 Å². The van der Waals surface area contributed by atoms with Gasteiger partial charge in [0.2, 0.25) is 0 Å². The molecule has 0 radical (unpaired) electrons. The first-order valence-corrected chi connectivity index (χ1v) is 6.49. The predicted octanol–water partition coefficient (Wildman–Crippen LogP) is 3.82. The van der Waals surface area contributed by atoms with Crippen LogP contribution in [0.2, 0.25) is 0 Å². The van der Waals surface area contributed by atoms with Crippen molar-refractivity contribution >= 4 is 6.21 Å². The molecule has 2 unspecified atom stereocenters. The van der Waals surface area contributed by atoms with Crippen molar-refractivity contribution in [1.82, 2.24) is 0 Å². The number of hydrogen-bond acceptors (Lipinski definition) is 2. The molecule has 92 valence electrons. The second-order valence-corrected chi connectivity index (χ2v) is 4.69. The first-order chi connectivity index (χ1) is 7.77. The number of unbranched alkanes of at least 4 members (excludes halogenated alkanes) is 1. The van der Waals surface area contributed by atoms with Crippen molar-refractivity contribution in [3.63, 3.8) is 0 Å². The van der Waals surface area contributed by atoms with E-state index >= 15 is 0 Å². The normalized spacial score (nSPS) is 25.3. The van der Waals surface area contributed by atoms with Crippen LogP contribution in [0.4, 0.5) is 0 Å². The van der Waals surface area contributed by atoms with Gasteiger partial charge in [-0.25, -0.2) is 0 Å². The zero-order chi connectivity index (χ0) is 11.8. The lowest BCUT2D eigenvalue weighted by Gasteiger charge is -2.04. The maximum Gasteiger partial charge on any atom is 0.0884 e. The Morgan fingerprint density at radius 1 is 1.38 bits per heavy atom. The van der Waals surface area contributed by atoms with Crippen molar-refractivity contribution in [1.29, 1.82) is 0 Å². The summed E-state index contributed by atoms with van der Waals surface area (Å²) in [6.07, 6.45) is 9.18. The summed E-state index contributed by atoms with van der Waals surface area (Å²) in [7, 11) is 0. The summed E-state index contributed by atoms with van der Waals surface area (Å²) >= 11 is 0. The fraction of sp³-hybridized carbons (Fsp3) is 0.786. The molecule has 0 saturated heterocycles. The molecule has 0 aliphatic heterocycles. The molecule has 1 rings (SSSR count). The zero-order valence-electron chi connectivity index (χ0n) is 10.9. The summed E-state index contributed by atoms with van der Waals surface area (Å²) in [5, 5.41) is 0. The largest absolute Gasteiger partial charge is 0.375 e. The highest BCUT2D eigenvalue weighted by Crippen LogP contribution is 2.41. The molecule has 0 amide bonds. The van der Waals surface area contributed by atoms with Crippen LogP contribution in [0.3, 0.4) is 0 Å². The molecule has 0 aromatic rings. The van der Waals surface area contributed by atoms with Gasteiger partial charge in [0.15, 0.2) is 0 Å². The van der Waals surface area contributed by atoms with Crippen molar-refractivity contribution < 1.29 is 4.74 Å². The van der Waals surface area contributed by atoms with E-state index in [4.69, 9.17) is 4.74 Å². The van der Waals surface area contributed by atoms with E-state index in [9.17, 15) is 0 Å². The van der Waals surface area contributed by atoms with Gasteiger partial charge in [0, 0.05) is 12.8 Å². The summed E-state index contributed by atoms with van der Waals surface area (Å²) in [6.45, 7) is 7.81. The van der Waals surface area contributed by atoms with Crippen LogP contribution < -0.4 is 0 Å². The smallest absolute Gasteiger partial charge is 0.0884 e. The van der Waals surface area contributed by atoms with Gasteiger partial charge in [0.25, 0.3) is 0 Å². The van der Waals surface area contributed by atoms with Gasteiger partial charge < -0.3 is 4.74 Å². The maximum atomic E-state index is 5.59. The monoisotopic (exact) mass is 223 g/mol. The number of aliphatic imine (C=N–C) groups is 1. The number of allylic oxidation sites excluding steroid dienone is 1. The van der Waals surface area contributed by atoms with E-state index in [2.05, 4.69) is 11.9 Å². The van der Waals surface area contributed by atoms with Gasteiger partial charge in [-0.2, -0.15) is 0 Å². The number of hydrogen-bond donors (Lipinski definition) is 0. The summed E-state index contributed by atoms with van der Waals surface area (Å²) in [4.78, 5) is 4.22. The van der Waals surface area contributed by atoms with E-state index in [0.29, 0.717) is 6.61 Å². The fourth-order valence-electron chi connectivity index (χ4n) is 1.95. The molecule has 1 aliphatic rings. The van der Waals surface area contributed by atoms with Crippen molar-refractivity contribution in [2.45, 2.75) is 46.5 Å². The van der Waals surface area contributed by atoms with E-state index in [-0.39, 0.29) is 0 Å². The third-order valence-corrected chi connectivity index (χ3v) is 3.27. The lowest BCUT2D eigenvalue weighted by atomic mass is 10.1. The Morgan fingerprint density at radius 2 is 2.12 bits per heavy atom. The minimum absolute atomic E-state index is 0.653. The molecule has 2 atom stereocenters. The van der Waals surface area contributed by atoms with Crippen LogP contribution in [0.5, 0.6) is 0 Å². The standard InChI is InChI=1S/C14H25NO/c1-4-14(15-5-2)11-16-9-7-6-8-13-10-12(13)3/h4-5,12-13H,6-11H2,1-3H3/b14-4-,15-5?. The number of nitrogens with zero attached hydrogens (tertiary/aromatic N) is 1. The number of ether oxygens (including phenoxy) is 1. The second kappa shape index (κ2) is 7.61. The first kappa shape index (κ1) is 13.4. The molecule has 1 saturated carbocycles. The Balaban J connectivity index is 1.91. The molecular weight excluding hydrogens is 198 g/mol. The van der Waals surface area contributed by atoms with Crippen molar-refractivity contribution in [3.8, 4) is 0 Å². The van der Waals surface area contributed by atoms with Crippen LogP contribution in [0.1, 0.15) is 46.5 Å². The van der Waals surface area contributed by atoms with Gasteiger partial charge in [-0.3, -0.25) is 4.99 Å². The second-order valence-electron chi connectivity index (χ2n) is 4.69. The average Bonchev–Trinajstić information content (AvgIpc) is 2.98. The quantitative estimate of drug-likeness (QED) is 0.453. The van der Waals surface area contributed by atoms with E-state index < -0.39 is 0 Å². The Morgan fingerprint density at radius 3 is 2.69 bits per heavy atom. The van der Waals surface area contributed by atoms with E-state index in [1.807, 2.05) is 26.1 Å². The Hall–Kier alpha value is -0.630. The summed E-state index contributed by atoms with van der Waals surface area (Å²) < 4.78 is 5.59. The topological polar surface area (TPSA) is 21.6 Å². The van der Waals surface area contributed by atoms with Gasteiger partial charge in [0.05, 0.1) is 12.3 Å². The highest BCUT2D eigenvalue weighted by Gasteiger charge is 2.31. The summed E-state index contributed by atoms with van der Waals surface area (Å²) in [5.74, 6) is 2.02. The molecule has 0 N–H and O–H groups in total. The Kier molecular flexibility index (Phi) is 6.39. The molecule has 1 aliphatic carbocycles. The zero-order valence-corrected chi connectivity index (χ0v) is 10.9. The molecular formula is C14H25NO. The van der Waals surface area contributed by atoms with Crippen LogP contribution in [0.15, 0.2) is 16.8 Å². The lowest BCUT2D eigenvalue weighted by molar-refractivity contribution is 0.150. The highest BCUT2D eigenvalue weighted by molar-refractivity contribution is 5.55.